The third-order valence-corrected chi connectivity index (χ3v) is 7.83. The number of rotatable bonds is 6. The van der Waals surface area contributed by atoms with Crippen LogP contribution in [0.1, 0.15) is 67.4 Å². The Bertz CT molecular complexity index is 1260. The number of benzene rings is 2. The lowest BCUT2D eigenvalue weighted by Crippen LogP contribution is -2.50. The average Bonchev–Trinajstić information content (AvgIpc) is 3.76. The molecule has 0 aromatic heterocycles. The normalized spacial score (nSPS) is 22.2. The van der Waals surface area contributed by atoms with Crippen LogP contribution in [0.4, 0.5) is 19.3 Å². The maximum Gasteiger partial charge on any atom is 0.408 e. The number of alkyl carbamates (subject to hydrolysis) is 1. The van der Waals surface area contributed by atoms with Gasteiger partial charge in [0.25, 0.3) is 17.7 Å². The Morgan fingerprint density at radius 2 is 1.79 bits per heavy atom. The van der Waals surface area contributed by atoms with Crippen LogP contribution in [0.2, 0.25) is 0 Å². The van der Waals surface area contributed by atoms with Gasteiger partial charge in [0, 0.05) is 22.6 Å². The molecule has 202 valence electrons. The van der Waals surface area contributed by atoms with E-state index < -0.39 is 35.6 Å². The third kappa shape index (κ3) is 6.11. The van der Waals surface area contributed by atoms with Gasteiger partial charge in [-0.05, 0) is 68.9 Å². The van der Waals surface area contributed by atoms with Crippen LogP contribution in [-0.2, 0) is 16.1 Å². The average molecular weight is 544 g/mol. The minimum atomic E-state index is -2.88. The summed E-state index contributed by atoms with van der Waals surface area (Å²) in [6.07, 6.45) is 1.30. The number of nitrogens with one attached hydrogen (secondary N) is 2. The van der Waals surface area contributed by atoms with Gasteiger partial charge in [-0.15, -0.1) is 11.8 Å². The number of carbonyl (C=O) groups excluding carboxylic acids is 3. The van der Waals surface area contributed by atoms with Gasteiger partial charge in [0.2, 0.25) is 0 Å². The van der Waals surface area contributed by atoms with Gasteiger partial charge >= 0.3 is 6.09 Å². The molecule has 2 aromatic rings. The highest BCUT2D eigenvalue weighted by Crippen LogP contribution is 2.42. The van der Waals surface area contributed by atoms with E-state index in [9.17, 15) is 23.2 Å². The first-order valence-electron chi connectivity index (χ1n) is 12.7. The van der Waals surface area contributed by atoms with Crippen LogP contribution in [-0.4, -0.2) is 47.3 Å². The summed E-state index contributed by atoms with van der Waals surface area (Å²) in [5, 5.41) is 5.06. The van der Waals surface area contributed by atoms with Gasteiger partial charge in [-0.2, -0.15) is 0 Å². The minimum Gasteiger partial charge on any atom is -0.444 e. The van der Waals surface area contributed by atoms with Crippen molar-refractivity contribution in [3.05, 3.63) is 59.2 Å². The van der Waals surface area contributed by atoms with E-state index in [1.165, 1.54) is 30.2 Å². The van der Waals surface area contributed by atoms with Gasteiger partial charge in [0.1, 0.15) is 11.6 Å². The predicted molar refractivity (Wildman–Crippen MR) is 141 cm³/mol. The van der Waals surface area contributed by atoms with Gasteiger partial charge in [0.15, 0.2) is 0 Å². The van der Waals surface area contributed by atoms with Crippen molar-refractivity contribution in [1.29, 1.82) is 0 Å². The molecule has 2 aliphatic carbocycles. The number of fused-ring (bicyclic) bond motifs is 1. The van der Waals surface area contributed by atoms with Crippen LogP contribution in [0.15, 0.2) is 47.4 Å². The Hall–Kier alpha value is -3.14. The SMILES string of the molecule is CC(C)(C)OC(=O)N[C@H]1CSc2ccc(C(=O)N[C@@H]3CC3(F)F)cc2N(Cc2ccc(C3CC3)cc2)C1=O. The highest BCUT2D eigenvalue weighted by atomic mass is 32.2. The minimum absolute atomic E-state index is 0.187. The zero-order chi connectivity index (χ0) is 27.2. The zero-order valence-corrected chi connectivity index (χ0v) is 22.4. The summed E-state index contributed by atoms with van der Waals surface area (Å²) in [6, 6.07) is 10.9. The van der Waals surface area contributed by atoms with Gasteiger partial charge in [-0.1, -0.05) is 24.3 Å². The molecule has 3 amide bonds. The zero-order valence-electron chi connectivity index (χ0n) is 21.6. The number of halogens is 2. The van der Waals surface area contributed by atoms with Crippen molar-refractivity contribution < 1.29 is 27.9 Å². The smallest absolute Gasteiger partial charge is 0.408 e. The lowest BCUT2D eigenvalue weighted by Gasteiger charge is -2.27. The molecule has 2 atom stereocenters. The molecular weight excluding hydrogens is 512 g/mol. The van der Waals surface area contributed by atoms with Crippen LogP contribution in [0.3, 0.4) is 0 Å². The van der Waals surface area contributed by atoms with E-state index in [1.807, 2.05) is 12.1 Å². The molecule has 2 N–H and O–H groups in total. The maximum absolute atomic E-state index is 13.8. The number of thioether (sulfide) groups is 1. The summed E-state index contributed by atoms with van der Waals surface area (Å²) in [5.74, 6) is -2.98. The van der Waals surface area contributed by atoms with Crippen LogP contribution in [0.25, 0.3) is 0 Å². The van der Waals surface area contributed by atoms with Crippen molar-refractivity contribution in [2.45, 2.75) is 81.0 Å². The van der Waals surface area contributed by atoms with Crippen LogP contribution in [0.5, 0.6) is 0 Å². The molecule has 2 fully saturated rings. The fourth-order valence-corrected chi connectivity index (χ4v) is 5.42. The van der Waals surface area contributed by atoms with E-state index in [4.69, 9.17) is 4.74 Å². The summed E-state index contributed by atoms with van der Waals surface area (Å²) in [6.45, 7) is 5.45. The number of amides is 3. The molecule has 3 aliphatic rings. The van der Waals surface area contributed by atoms with E-state index >= 15 is 0 Å². The van der Waals surface area contributed by atoms with Crippen molar-refractivity contribution in [3.8, 4) is 0 Å². The lowest BCUT2D eigenvalue weighted by atomic mass is 10.1. The molecule has 38 heavy (non-hydrogen) atoms. The Labute approximate surface area is 224 Å². The van der Waals surface area contributed by atoms with E-state index in [0.717, 1.165) is 10.5 Å². The van der Waals surface area contributed by atoms with E-state index in [-0.39, 0.29) is 30.2 Å². The highest BCUT2D eigenvalue weighted by Gasteiger charge is 2.57. The highest BCUT2D eigenvalue weighted by molar-refractivity contribution is 7.99. The van der Waals surface area contributed by atoms with Crippen LogP contribution in [0, 0.1) is 0 Å². The number of ether oxygens (including phenoxy) is 1. The molecule has 0 unspecified atom stereocenters. The number of carbonyl (C=O) groups is 3. The molecular formula is C28H31F2N3O4S. The van der Waals surface area contributed by atoms with E-state index in [0.29, 0.717) is 11.6 Å². The molecule has 7 nitrogen and oxygen atoms in total. The van der Waals surface area contributed by atoms with Crippen molar-refractivity contribution >= 4 is 35.4 Å². The fraction of sp³-hybridized carbons (Fsp3) is 0.464. The van der Waals surface area contributed by atoms with Crippen molar-refractivity contribution in [1.82, 2.24) is 10.6 Å². The Morgan fingerprint density at radius 1 is 1.11 bits per heavy atom. The lowest BCUT2D eigenvalue weighted by molar-refractivity contribution is -0.120. The first-order valence-corrected chi connectivity index (χ1v) is 13.7. The number of alkyl halides is 2. The summed E-state index contributed by atoms with van der Waals surface area (Å²) < 4.78 is 32.1. The van der Waals surface area contributed by atoms with Gasteiger partial charge < -0.3 is 20.3 Å². The molecule has 0 spiro atoms. The Kier molecular flexibility index (Phi) is 6.87. The summed E-state index contributed by atoms with van der Waals surface area (Å²) in [4.78, 5) is 41.3. The standard InChI is InChI=1S/C28H31F2N3O4S/c1-27(2,3)37-26(36)31-20-15-38-22-11-10-19(24(34)32-23-13-28(23,29)30)12-21(22)33(25(20)35)14-16-4-6-17(7-5-16)18-8-9-18/h4-7,10-12,18,20,23H,8-9,13-15H2,1-3H3,(H,31,36)(H,32,34)/t20-,23+/m0/s1. The van der Waals surface area contributed by atoms with Gasteiger partial charge in [-0.3, -0.25) is 9.59 Å². The van der Waals surface area contributed by atoms with Crippen LogP contribution >= 0.6 is 11.8 Å². The maximum atomic E-state index is 13.8. The van der Waals surface area contributed by atoms with Crippen molar-refractivity contribution in [2.75, 3.05) is 10.7 Å². The molecule has 5 rings (SSSR count). The molecule has 10 heteroatoms. The number of anilines is 1. The quantitative estimate of drug-likeness (QED) is 0.521. The molecule has 2 aromatic carbocycles. The third-order valence-electron chi connectivity index (χ3n) is 6.67. The molecule has 0 saturated heterocycles. The second kappa shape index (κ2) is 9.87. The largest absolute Gasteiger partial charge is 0.444 e. The summed E-state index contributed by atoms with van der Waals surface area (Å²) >= 11 is 1.37. The molecule has 0 bridgehead atoms. The summed E-state index contributed by atoms with van der Waals surface area (Å²) in [7, 11) is 0. The molecule has 2 saturated carbocycles. The molecule has 1 heterocycles. The first kappa shape index (κ1) is 26.5. The Balaban J connectivity index is 1.42. The second-order valence-electron chi connectivity index (χ2n) is 11.1. The Morgan fingerprint density at radius 3 is 2.39 bits per heavy atom. The molecule has 1 aliphatic heterocycles. The monoisotopic (exact) mass is 543 g/mol. The summed E-state index contributed by atoms with van der Waals surface area (Å²) in [5.41, 5.74) is 2.12. The van der Waals surface area contributed by atoms with Gasteiger partial charge in [-0.25, -0.2) is 13.6 Å². The van der Waals surface area contributed by atoms with E-state index in [1.54, 1.807) is 43.9 Å². The van der Waals surface area contributed by atoms with E-state index in [2.05, 4.69) is 22.8 Å². The van der Waals surface area contributed by atoms with Crippen molar-refractivity contribution in [3.63, 3.8) is 0 Å². The molecule has 0 radical (unpaired) electrons. The topological polar surface area (TPSA) is 87.7 Å². The van der Waals surface area contributed by atoms with Crippen LogP contribution < -0.4 is 15.5 Å². The van der Waals surface area contributed by atoms with Gasteiger partial charge in [0.05, 0.1) is 18.3 Å². The number of hydrogen-bond acceptors (Lipinski definition) is 5. The number of nitrogens with zero attached hydrogens (tertiary/aromatic N) is 1. The number of hydrogen-bond donors (Lipinski definition) is 2. The van der Waals surface area contributed by atoms with Crippen molar-refractivity contribution in [2.24, 2.45) is 0 Å². The second-order valence-corrected chi connectivity index (χ2v) is 12.2. The predicted octanol–water partition coefficient (Wildman–Crippen LogP) is 5.23. The fourth-order valence-electron chi connectivity index (χ4n) is 4.37. The first-order chi connectivity index (χ1) is 17.9.